The van der Waals surface area contributed by atoms with Crippen molar-refractivity contribution in [1.82, 2.24) is 5.32 Å². The Morgan fingerprint density at radius 2 is 1.81 bits per heavy atom. The number of anilines is 1. The van der Waals surface area contributed by atoms with Gasteiger partial charge in [-0.1, -0.05) is 17.7 Å². The van der Waals surface area contributed by atoms with Gasteiger partial charge in [0.05, 0.1) is 14.2 Å². The van der Waals surface area contributed by atoms with Crippen LogP contribution in [0.3, 0.4) is 0 Å². The second-order valence-corrected chi connectivity index (χ2v) is 6.38. The molecule has 0 spiro atoms. The lowest BCUT2D eigenvalue weighted by molar-refractivity contribution is -0.116. The molecule has 0 saturated heterocycles. The Balaban J connectivity index is 1.71. The summed E-state index contributed by atoms with van der Waals surface area (Å²) in [4.78, 5) is 12.0. The minimum Gasteiger partial charge on any atom is -0.493 e. The van der Waals surface area contributed by atoms with Gasteiger partial charge in [-0.25, -0.2) is 0 Å². The summed E-state index contributed by atoms with van der Waals surface area (Å²) in [5.74, 6) is 1.43. The van der Waals surface area contributed by atoms with Crippen LogP contribution >= 0.6 is 11.6 Å². The van der Waals surface area contributed by atoms with Crippen LogP contribution in [0.5, 0.6) is 11.5 Å². The normalized spacial score (nSPS) is 10.5. The van der Waals surface area contributed by atoms with E-state index in [-0.39, 0.29) is 5.91 Å². The first-order chi connectivity index (χ1) is 12.5. The molecule has 0 aliphatic rings. The number of amides is 1. The molecule has 26 heavy (non-hydrogen) atoms. The molecule has 140 valence electrons. The number of hydrogen-bond acceptors (Lipinski definition) is 4. The molecule has 0 unspecified atom stereocenters. The molecule has 5 nitrogen and oxygen atoms in total. The van der Waals surface area contributed by atoms with Crippen molar-refractivity contribution in [2.24, 2.45) is 0 Å². The largest absolute Gasteiger partial charge is 0.493 e. The minimum atomic E-state index is -0.0194. The Morgan fingerprint density at radius 3 is 2.50 bits per heavy atom. The summed E-state index contributed by atoms with van der Waals surface area (Å²) in [7, 11) is 3.25. The molecule has 0 saturated carbocycles. The van der Waals surface area contributed by atoms with Crippen LogP contribution in [0, 0.1) is 6.92 Å². The van der Waals surface area contributed by atoms with Crippen molar-refractivity contribution in [3.8, 4) is 11.5 Å². The van der Waals surface area contributed by atoms with Gasteiger partial charge in [-0.2, -0.15) is 0 Å². The van der Waals surface area contributed by atoms with Crippen LogP contribution < -0.4 is 20.1 Å². The zero-order chi connectivity index (χ0) is 18.9. The van der Waals surface area contributed by atoms with E-state index in [0.717, 1.165) is 41.3 Å². The Hall–Kier alpha value is -2.24. The quantitative estimate of drug-likeness (QED) is 0.653. The molecule has 0 atom stereocenters. The molecule has 2 rings (SSSR count). The van der Waals surface area contributed by atoms with E-state index in [0.29, 0.717) is 18.0 Å². The Bertz CT molecular complexity index is 750. The monoisotopic (exact) mass is 376 g/mol. The summed E-state index contributed by atoms with van der Waals surface area (Å²) in [6.07, 6.45) is 1.26. The second kappa shape index (κ2) is 10.0. The van der Waals surface area contributed by atoms with Crippen molar-refractivity contribution in [2.75, 3.05) is 32.6 Å². The standard InChI is InChI=1S/C20H25ClN2O3/c1-14-12-16(21)5-6-17(14)23-20(24)9-11-22-10-8-15-4-7-18(25-2)19(13-15)26-3/h4-7,12-13,22H,8-11H2,1-3H3,(H,23,24). The summed E-state index contributed by atoms with van der Waals surface area (Å²) in [5, 5.41) is 6.86. The number of hydrogen-bond donors (Lipinski definition) is 2. The third-order valence-corrected chi connectivity index (χ3v) is 4.26. The van der Waals surface area contributed by atoms with Crippen LogP contribution in [0.25, 0.3) is 0 Å². The van der Waals surface area contributed by atoms with Gasteiger partial charge in [0.25, 0.3) is 0 Å². The second-order valence-electron chi connectivity index (χ2n) is 5.95. The molecule has 0 heterocycles. The van der Waals surface area contributed by atoms with Crippen molar-refractivity contribution in [3.05, 3.63) is 52.5 Å². The number of carbonyl (C=O) groups is 1. The fourth-order valence-corrected chi connectivity index (χ4v) is 2.80. The van der Waals surface area contributed by atoms with Crippen molar-refractivity contribution in [2.45, 2.75) is 19.8 Å². The van der Waals surface area contributed by atoms with Crippen molar-refractivity contribution < 1.29 is 14.3 Å². The van der Waals surface area contributed by atoms with Crippen LogP contribution in [0.15, 0.2) is 36.4 Å². The fourth-order valence-electron chi connectivity index (χ4n) is 2.58. The number of ether oxygens (including phenoxy) is 2. The van der Waals surface area contributed by atoms with E-state index in [4.69, 9.17) is 21.1 Å². The summed E-state index contributed by atoms with van der Waals surface area (Å²) < 4.78 is 10.5. The summed E-state index contributed by atoms with van der Waals surface area (Å²) in [6.45, 7) is 3.32. The zero-order valence-corrected chi connectivity index (χ0v) is 16.2. The average Bonchev–Trinajstić information content (AvgIpc) is 2.63. The predicted octanol–water partition coefficient (Wildman–Crippen LogP) is 3.83. The highest BCUT2D eigenvalue weighted by Gasteiger charge is 2.06. The van der Waals surface area contributed by atoms with Crippen LogP contribution in [0.1, 0.15) is 17.5 Å². The molecule has 2 aromatic rings. The number of carbonyl (C=O) groups excluding carboxylic acids is 1. The molecular formula is C20H25ClN2O3. The summed E-state index contributed by atoms with van der Waals surface area (Å²) in [6, 6.07) is 11.3. The lowest BCUT2D eigenvalue weighted by atomic mass is 10.1. The van der Waals surface area contributed by atoms with Gasteiger partial charge < -0.3 is 20.1 Å². The summed E-state index contributed by atoms with van der Waals surface area (Å²) >= 11 is 5.92. The lowest BCUT2D eigenvalue weighted by Crippen LogP contribution is -2.23. The number of methoxy groups -OCH3 is 2. The minimum absolute atomic E-state index is 0.0194. The third kappa shape index (κ3) is 5.93. The average molecular weight is 377 g/mol. The molecule has 0 bridgehead atoms. The molecule has 1 amide bonds. The number of benzene rings is 2. The lowest BCUT2D eigenvalue weighted by Gasteiger charge is -2.11. The first kappa shape index (κ1) is 20.1. The zero-order valence-electron chi connectivity index (χ0n) is 15.4. The first-order valence-electron chi connectivity index (χ1n) is 8.51. The highest BCUT2D eigenvalue weighted by molar-refractivity contribution is 6.30. The molecular weight excluding hydrogens is 352 g/mol. The van der Waals surface area contributed by atoms with Crippen molar-refractivity contribution in [1.29, 1.82) is 0 Å². The van der Waals surface area contributed by atoms with Gasteiger partial charge in [0.1, 0.15) is 0 Å². The molecule has 6 heteroatoms. The number of aryl methyl sites for hydroxylation is 1. The van der Waals surface area contributed by atoms with E-state index in [1.165, 1.54) is 0 Å². The van der Waals surface area contributed by atoms with E-state index in [1.54, 1.807) is 20.3 Å². The number of rotatable bonds is 9. The maximum atomic E-state index is 12.0. The van der Waals surface area contributed by atoms with Gasteiger partial charge in [0, 0.05) is 23.7 Å². The Kier molecular flexibility index (Phi) is 7.75. The van der Waals surface area contributed by atoms with E-state index in [2.05, 4.69) is 10.6 Å². The summed E-state index contributed by atoms with van der Waals surface area (Å²) in [5.41, 5.74) is 2.90. The highest BCUT2D eigenvalue weighted by atomic mass is 35.5. The van der Waals surface area contributed by atoms with Crippen LogP contribution in [-0.4, -0.2) is 33.2 Å². The highest BCUT2D eigenvalue weighted by Crippen LogP contribution is 2.27. The van der Waals surface area contributed by atoms with Gasteiger partial charge in [0.2, 0.25) is 5.91 Å². The molecule has 2 N–H and O–H groups in total. The van der Waals surface area contributed by atoms with E-state index >= 15 is 0 Å². The maximum Gasteiger partial charge on any atom is 0.225 e. The van der Waals surface area contributed by atoms with Crippen molar-refractivity contribution in [3.63, 3.8) is 0 Å². The smallest absolute Gasteiger partial charge is 0.225 e. The Labute approximate surface area is 159 Å². The van der Waals surface area contributed by atoms with Gasteiger partial charge >= 0.3 is 0 Å². The maximum absolute atomic E-state index is 12.0. The van der Waals surface area contributed by atoms with Gasteiger partial charge in [-0.3, -0.25) is 4.79 Å². The fraction of sp³-hybridized carbons (Fsp3) is 0.350. The van der Waals surface area contributed by atoms with Crippen molar-refractivity contribution >= 4 is 23.2 Å². The van der Waals surface area contributed by atoms with Gasteiger partial charge in [0.15, 0.2) is 11.5 Å². The van der Waals surface area contributed by atoms with Crippen LogP contribution in [-0.2, 0) is 11.2 Å². The number of halogens is 1. The van der Waals surface area contributed by atoms with Crippen LogP contribution in [0.2, 0.25) is 5.02 Å². The number of nitrogens with one attached hydrogen (secondary N) is 2. The van der Waals surface area contributed by atoms with E-state index < -0.39 is 0 Å². The van der Waals surface area contributed by atoms with Gasteiger partial charge in [-0.15, -0.1) is 0 Å². The Morgan fingerprint density at radius 1 is 1.04 bits per heavy atom. The van der Waals surface area contributed by atoms with E-state index in [1.807, 2.05) is 37.3 Å². The van der Waals surface area contributed by atoms with Gasteiger partial charge in [-0.05, 0) is 61.3 Å². The van der Waals surface area contributed by atoms with E-state index in [9.17, 15) is 4.79 Å². The molecule has 0 aliphatic heterocycles. The topological polar surface area (TPSA) is 59.6 Å². The molecule has 2 aromatic carbocycles. The third-order valence-electron chi connectivity index (χ3n) is 4.03. The molecule has 0 aromatic heterocycles. The predicted molar refractivity (Wildman–Crippen MR) is 106 cm³/mol. The molecule has 0 fully saturated rings. The van der Waals surface area contributed by atoms with Crippen LogP contribution in [0.4, 0.5) is 5.69 Å². The molecule has 0 radical (unpaired) electrons. The first-order valence-corrected chi connectivity index (χ1v) is 8.89. The molecule has 0 aliphatic carbocycles. The SMILES string of the molecule is COc1ccc(CCNCCC(=O)Nc2ccc(Cl)cc2C)cc1OC.